The highest BCUT2D eigenvalue weighted by atomic mass is 32.1. The summed E-state index contributed by atoms with van der Waals surface area (Å²) >= 11 is 1.83. The second-order valence-corrected chi connectivity index (χ2v) is 13.4. The highest BCUT2D eigenvalue weighted by molar-refractivity contribution is 7.25. The van der Waals surface area contributed by atoms with Gasteiger partial charge < -0.3 is 4.42 Å². The van der Waals surface area contributed by atoms with Gasteiger partial charge in [0.25, 0.3) is 0 Å². The van der Waals surface area contributed by atoms with E-state index in [9.17, 15) is 0 Å². The lowest BCUT2D eigenvalue weighted by atomic mass is 9.97. The zero-order valence-electron chi connectivity index (χ0n) is 26.6. The van der Waals surface area contributed by atoms with E-state index in [0.717, 1.165) is 55.3 Å². The van der Waals surface area contributed by atoms with Gasteiger partial charge in [-0.3, -0.25) is 0 Å². The van der Waals surface area contributed by atoms with E-state index in [2.05, 4.69) is 148 Å². The zero-order valence-corrected chi connectivity index (χ0v) is 27.4. The molecule has 0 bridgehead atoms. The molecule has 0 aliphatic rings. The largest absolute Gasteiger partial charge is 0.438 e. The molecule has 0 aliphatic heterocycles. The lowest BCUT2D eigenvalue weighted by molar-refractivity contribution is 0.654. The van der Waals surface area contributed by atoms with Gasteiger partial charge in [-0.15, -0.1) is 11.3 Å². The van der Waals surface area contributed by atoms with Crippen molar-refractivity contribution in [3.8, 4) is 56.2 Å². The van der Waals surface area contributed by atoms with Crippen LogP contribution in [0.5, 0.6) is 0 Å². The molecule has 0 spiro atoms. The predicted octanol–water partition coefficient (Wildman–Crippen LogP) is 11.9. The summed E-state index contributed by atoms with van der Waals surface area (Å²) < 4.78 is 8.55. The van der Waals surface area contributed by atoms with E-state index in [-0.39, 0.29) is 0 Å². The standard InChI is InChI=1S/C44H26N4OS/c1-2-15-40-35(13-1)38-25-32(17-19-41(38)50-40)30-10-5-12-34(23-30)43-47-26-46-42(48-43)33-11-4-9-29(22-33)27-7-3-8-28(21-27)31-16-18-39-37(24-31)36-14-6-20-45-44(36)49-39/h1-26H. The molecular weight excluding hydrogens is 633 g/mol. The molecule has 4 aromatic heterocycles. The zero-order chi connectivity index (χ0) is 33.0. The summed E-state index contributed by atoms with van der Waals surface area (Å²) in [6, 6.07) is 51.0. The molecule has 10 aromatic rings. The first-order valence-corrected chi connectivity index (χ1v) is 17.2. The van der Waals surface area contributed by atoms with Crippen LogP contribution < -0.4 is 0 Å². The smallest absolute Gasteiger partial charge is 0.227 e. The van der Waals surface area contributed by atoms with Gasteiger partial charge in [0.1, 0.15) is 11.9 Å². The van der Waals surface area contributed by atoms with Crippen LogP contribution in [0.3, 0.4) is 0 Å². The average molecular weight is 659 g/mol. The molecule has 6 heteroatoms. The Morgan fingerprint density at radius 3 is 1.68 bits per heavy atom. The Hall–Kier alpha value is -6.50. The molecule has 0 saturated carbocycles. The summed E-state index contributed by atoms with van der Waals surface area (Å²) in [6.07, 6.45) is 3.36. The van der Waals surface area contributed by atoms with Crippen molar-refractivity contribution in [3.05, 3.63) is 158 Å². The maximum absolute atomic E-state index is 5.95. The normalized spacial score (nSPS) is 11.6. The van der Waals surface area contributed by atoms with E-state index in [1.54, 1.807) is 12.5 Å². The van der Waals surface area contributed by atoms with E-state index in [4.69, 9.17) is 9.40 Å². The van der Waals surface area contributed by atoms with Crippen molar-refractivity contribution in [1.82, 2.24) is 19.9 Å². The summed E-state index contributed by atoms with van der Waals surface area (Å²) in [4.78, 5) is 18.5. The van der Waals surface area contributed by atoms with E-state index < -0.39 is 0 Å². The van der Waals surface area contributed by atoms with Crippen molar-refractivity contribution >= 4 is 53.6 Å². The second kappa shape index (κ2) is 11.6. The number of fused-ring (bicyclic) bond motifs is 6. The minimum absolute atomic E-state index is 0.635. The van der Waals surface area contributed by atoms with Crippen molar-refractivity contribution < 1.29 is 4.42 Å². The number of aromatic nitrogens is 4. The third kappa shape index (κ3) is 4.93. The minimum atomic E-state index is 0.635. The van der Waals surface area contributed by atoms with Gasteiger partial charge in [0.2, 0.25) is 5.71 Å². The third-order valence-electron chi connectivity index (χ3n) is 9.30. The summed E-state index contributed by atoms with van der Waals surface area (Å²) in [5, 5.41) is 4.66. The van der Waals surface area contributed by atoms with E-state index >= 15 is 0 Å². The summed E-state index contributed by atoms with van der Waals surface area (Å²) in [5.74, 6) is 1.28. The quantitative estimate of drug-likeness (QED) is 0.184. The fourth-order valence-electron chi connectivity index (χ4n) is 6.82. The van der Waals surface area contributed by atoms with Gasteiger partial charge in [-0.25, -0.2) is 19.9 Å². The lowest BCUT2D eigenvalue weighted by Gasteiger charge is -2.09. The number of pyridine rings is 1. The molecule has 50 heavy (non-hydrogen) atoms. The molecule has 0 atom stereocenters. The molecule has 0 unspecified atom stereocenters. The Kier molecular flexibility index (Phi) is 6.60. The van der Waals surface area contributed by atoms with Crippen LogP contribution in [0.15, 0.2) is 163 Å². The predicted molar refractivity (Wildman–Crippen MR) is 205 cm³/mol. The molecule has 0 amide bonds. The molecule has 0 aliphatic carbocycles. The molecule has 234 valence electrons. The Morgan fingerprint density at radius 1 is 0.400 bits per heavy atom. The Balaban J connectivity index is 0.968. The molecule has 0 saturated heterocycles. The Bertz CT molecular complexity index is 2710. The molecule has 4 heterocycles. The molecular formula is C44H26N4OS. The maximum Gasteiger partial charge on any atom is 0.227 e. The van der Waals surface area contributed by atoms with Crippen LogP contribution in [-0.2, 0) is 0 Å². The van der Waals surface area contributed by atoms with Crippen molar-refractivity contribution in [1.29, 1.82) is 0 Å². The average Bonchev–Trinajstić information content (AvgIpc) is 3.76. The van der Waals surface area contributed by atoms with Crippen LogP contribution in [-0.4, -0.2) is 19.9 Å². The first-order chi connectivity index (χ1) is 24.7. The van der Waals surface area contributed by atoms with Crippen LogP contribution in [0, 0.1) is 0 Å². The van der Waals surface area contributed by atoms with E-state index in [1.807, 2.05) is 23.5 Å². The molecule has 0 radical (unpaired) electrons. The summed E-state index contributed by atoms with van der Waals surface area (Å²) in [7, 11) is 0. The van der Waals surface area contributed by atoms with Crippen molar-refractivity contribution in [2.75, 3.05) is 0 Å². The lowest BCUT2D eigenvalue weighted by Crippen LogP contribution is -1.95. The number of rotatable bonds is 5. The first-order valence-electron chi connectivity index (χ1n) is 16.4. The third-order valence-corrected chi connectivity index (χ3v) is 10.5. The highest BCUT2D eigenvalue weighted by Gasteiger charge is 2.13. The molecule has 5 nitrogen and oxygen atoms in total. The van der Waals surface area contributed by atoms with E-state index in [1.165, 1.54) is 25.7 Å². The molecule has 0 fully saturated rings. The Morgan fingerprint density at radius 2 is 0.960 bits per heavy atom. The van der Waals surface area contributed by atoms with Crippen molar-refractivity contribution in [2.45, 2.75) is 0 Å². The van der Waals surface area contributed by atoms with Crippen LogP contribution in [0.1, 0.15) is 0 Å². The topological polar surface area (TPSA) is 64.7 Å². The fraction of sp³-hybridized carbons (Fsp3) is 0. The van der Waals surface area contributed by atoms with Gasteiger partial charge in [-0.2, -0.15) is 0 Å². The van der Waals surface area contributed by atoms with Gasteiger partial charge in [0.15, 0.2) is 11.6 Å². The number of nitrogens with zero attached hydrogens (tertiary/aromatic N) is 4. The van der Waals surface area contributed by atoms with Crippen LogP contribution in [0.2, 0.25) is 0 Å². The fourth-order valence-corrected chi connectivity index (χ4v) is 7.91. The van der Waals surface area contributed by atoms with Gasteiger partial charge in [0, 0.05) is 48.3 Å². The van der Waals surface area contributed by atoms with Gasteiger partial charge in [0.05, 0.1) is 0 Å². The highest BCUT2D eigenvalue weighted by Crippen LogP contribution is 2.37. The number of hydrogen-bond donors (Lipinski definition) is 0. The number of thiophene rings is 1. The van der Waals surface area contributed by atoms with Crippen LogP contribution in [0.25, 0.3) is 98.4 Å². The van der Waals surface area contributed by atoms with Crippen molar-refractivity contribution in [3.63, 3.8) is 0 Å². The number of furan rings is 1. The molecule has 10 rings (SSSR count). The number of hydrogen-bond acceptors (Lipinski definition) is 6. The first kappa shape index (κ1) is 28.5. The molecule has 0 N–H and O–H groups in total. The van der Waals surface area contributed by atoms with Crippen molar-refractivity contribution in [2.24, 2.45) is 0 Å². The number of benzene rings is 6. The van der Waals surface area contributed by atoms with Gasteiger partial charge in [-0.1, -0.05) is 84.9 Å². The van der Waals surface area contributed by atoms with Gasteiger partial charge in [-0.05, 0) is 94.0 Å². The van der Waals surface area contributed by atoms with Gasteiger partial charge >= 0.3 is 0 Å². The summed E-state index contributed by atoms with van der Waals surface area (Å²) in [5.41, 5.74) is 10.1. The van der Waals surface area contributed by atoms with E-state index in [0.29, 0.717) is 17.4 Å². The monoisotopic (exact) mass is 658 g/mol. The minimum Gasteiger partial charge on any atom is -0.438 e. The summed E-state index contributed by atoms with van der Waals surface area (Å²) in [6.45, 7) is 0. The SMILES string of the molecule is c1cc(-c2cccc(-c3ncnc(-c4cccc(-c5ccc6sc7ccccc7c6c5)c4)n3)c2)cc(-c2ccc3oc4ncccc4c3c2)c1. The Labute approximate surface area is 291 Å². The molecule has 6 aromatic carbocycles. The van der Waals surface area contributed by atoms with Crippen LogP contribution in [0.4, 0.5) is 0 Å². The van der Waals surface area contributed by atoms with Crippen LogP contribution >= 0.6 is 11.3 Å². The second-order valence-electron chi connectivity index (χ2n) is 12.4. The maximum atomic E-state index is 5.95.